The molecule has 1 aliphatic heterocycles. The number of aryl methyl sites for hydroxylation is 1. The van der Waals surface area contributed by atoms with E-state index >= 15 is 0 Å². The predicted octanol–water partition coefficient (Wildman–Crippen LogP) is 2.67. The highest BCUT2D eigenvalue weighted by molar-refractivity contribution is 5.88. The zero-order valence-corrected chi connectivity index (χ0v) is 15.4. The van der Waals surface area contributed by atoms with Crippen LogP contribution in [0.15, 0.2) is 24.9 Å². The van der Waals surface area contributed by atoms with E-state index in [9.17, 15) is 9.59 Å². The Hall–Kier alpha value is -2.08. The lowest BCUT2D eigenvalue weighted by molar-refractivity contribution is -0.134. The topological polar surface area (TPSA) is 60.8 Å². The predicted molar refractivity (Wildman–Crippen MR) is 95.2 cm³/mol. The molecule has 2 atom stereocenters. The Morgan fingerprint density at radius 2 is 2.28 bits per heavy atom. The number of methoxy groups -OCH3 is 1. The summed E-state index contributed by atoms with van der Waals surface area (Å²) in [4.78, 5) is 26.1. The largest absolute Gasteiger partial charge is 0.464 e. The van der Waals surface area contributed by atoms with Crippen molar-refractivity contribution in [1.29, 1.82) is 0 Å². The molecule has 1 fully saturated rings. The fraction of sp³-hybridized carbons (Fsp3) is 0.579. The van der Waals surface area contributed by atoms with E-state index in [0.29, 0.717) is 12.2 Å². The van der Waals surface area contributed by atoms with Crippen LogP contribution in [0.25, 0.3) is 0 Å². The van der Waals surface area contributed by atoms with Gasteiger partial charge in [0, 0.05) is 26.4 Å². The third kappa shape index (κ3) is 4.51. The van der Waals surface area contributed by atoms with Crippen molar-refractivity contribution in [3.05, 3.63) is 36.2 Å². The van der Waals surface area contributed by atoms with Crippen LogP contribution >= 0.6 is 0 Å². The van der Waals surface area contributed by atoms with Gasteiger partial charge in [-0.2, -0.15) is 0 Å². The number of carbonyl (C=O) groups excluding carboxylic acids is 2. The number of esters is 1. The van der Waals surface area contributed by atoms with Gasteiger partial charge < -0.3 is 18.9 Å². The summed E-state index contributed by atoms with van der Waals surface area (Å²) in [6.45, 7) is 6.86. The van der Waals surface area contributed by atoms with Gasteiger partial charge in [0.25, 0.3) is 0 Å². The second kappa shape index (κ2) is 8.85. The second-order valence-electron chi connectivity index (χ2n) is 6.39. The van der Waals surface area contributed by atoms with Crippen molar-refractivity contribution in [3.63, 3.8) is 0 Å². The van der Waals surface area contributed by atoms with Crippen molar-refractivity contribution in [3.8, 4) is 0 Å². The first kappa shape index (κ1) is 19.2. The molecule has 1 amide bonds. The van der Waals surface area contributed by atoms with E-state index in [1.807, 2.05) is 6.20 Å². The summed E-state index contributed by atoms with van der Waals surface area (Å²) in [5, 5.41) is 0. The van der Waals surface area contributed by atoms with Gasteiger partial charge in [-0.25, -0.2) is 4.79 Å². The molecule has 1 aromatic rings. The third-order valence-electron chi connectivity index (χ3n) is 4.73. The molecule has 25 heavy (non-hydrogen) atoms. The molecular formula is C19H28N2O4. The molecule has 6 heteroatoms. The number of hydrogen-bond donors (Lipinski definition) is 0. The first-order valence-corrected chi connectivity index (χ1v) is 8.80. The van der Waals surface area contributed by atoms with Gasteiger partial charge in [0.15, 0.2) is 0 Å². The first-order chi connectivity index (χ1) is 12.0. The Morgan fingerprint density at radius 3 is 2.84 bits per heavy atom. The standard InChI is InChI=1S/C19H28N2O4/c1-5-15(17-9-7-8-10-25-17)21(18(22)6-2)13-14-11-16(19(23)24-4)20(3)12-14/h6,11-12,15,17H,2,5,7-10,13H2,1,3-4H3. The number of carbonyl (C=O) groups is 2. The van der Waals surface area contributed by atoms with Crippen LogP contribution < -0.4 is 0 Å². The van der Waals surface area contributed by atoms with Crippen molar-refractivity contribution in [2.45, 2.75) is 51.3 Å². The van der Waals surface area contributed by atoms with E-state index in [1.165, 1.54) is 13.2 Å². The molecule has 1 aliphatic rings. The highest BCUT2D eigenvalue weighted by Gasteiger charge is 2.31. The van der Waals surface area contributed by atoms with Crippen molar-refractivity contribution < 1.29 is 19.1 Å². The van der Waals surface area contributed by atoms with Gasteiger partial charge in [-0.15, -0.1) is 0 Å². The molecule has 2 rings (SSSR count). The molecule has 0 spiro atoms. The number of rotatable bonds is 7. The molecule has 138 valence electrons. The second-order valence-corrected chi connectivity index (χ2v) is 6.39. The van der Waals surface area contributed by atoms with Gasteiger partial charge in [-0.3, -0.25) is 4.79 Å². The Morgan fingerprint density at radius 1 is 1.52 bits per heavy atom. The van der Waals surface area contributed by atoms with Crippen LogP contribution in [0.5, 0.6) is 0 Å². The summed E-state index contributed by atoms with van der Waals surface area (Å²) in [5.74, 6) is -0.512. The molecule has 0 N–H and O–H groups in total. The van der Waals surface area contributed by atoms with Crippen LogP contribution in [0.3, 0.4) is 0 Å². The normalized spacial score (nSPS) is 18.4. The molecule has 2 unspecified atom stereocenters. The summed E-state index contributed by atoms with van der Waals surface area (Å²) in [7, 11) is 3.15. The number of ether oxygens (including phenoxy) is 2. The lowest BCUT2D eigenvalue weighted by atomic mass is 9.98. The summed E-state index contributed by atoms with van der Waals surface area (Å²) in [5.41, 5.74) is 1.35. The highest BCUT2D eigenvalue weighted by atomic mass is 16.5. The minimum absolute atomic E-state index is 0.00687. The van der Waals surface area contributed by atoms with E-state index in [2.05, 4.69) is 13.5 Å². The van der Waals surface area contributed by atoms with Crippen LogP contribution in [0, 0.1) is 0 Å². The Kier molecular flexibility index (Phi) is 6.82. The van der Waals surface area contributed by atoms with E-state index in [0.717, 1.165) is 37.9 Å². The van der Waals surface area contributed by atoms with E-state index in [4.69, 9.17) is 9.47 Å². The summed E-state index contributed by atoms with van der Waals surface area (Å²) in [6.07, 6.45) is 7.20. The average molecular weight is 348 g/mol. The zero-order valence-electron chi connectivity index (χ0n) is 15.4. The SMILES string of the molecule is C=CC(=O)N(Cc1cc(C(=O)OC)n(C)c1)C(CC)C1CCCCO1. The highest BCUT2D eigenvalue weighted by Crippen LogP contribution is 2.24. The lowest BCUT2D eigenvalue weighted by Gasteiger charge is -2.37. The number of nitrogens with zero attached hydrogens (tertiary/aromatic N) is 2. The zero-order chi connectivity index (χ0) is 18.4. The summed E-state index contributed by atoms with van der Waals surface area (Å²) in [6, 6.07) is 1.76. The molecule has 1 aromatic heterocycles. The molecule has 1 saturated heterocycles. The van der Waals surface area contributed by atoms with Crippen LogP contribution in [0.4, 0.5) is 0 Å². The van der Waals surface area contributed by atoms with Gasteiger partial charge in [0.05, 0.1) is 19.3 Å². The van der Waals surface area contributed by atoms with Gasteiger partial charge in [-0.05, 0) is 43.4 Å². The maximum atomic E-state index is 12.5. The van der Waals surface area contributed by atoms with Crippen molar-refractivity contribution in [2.75, 3.05) is 13.7 Å². The number of aromatic nitrogens is 1. The van der Waals surface area contributed by atoms with E-state index < -0.39 is 5.97 Å². The smallest absolute Gasteiger partial charge is 0.354 e. The molecule has 0 radical (unpaired) electrons. The van der Waals surface area contributed by atoms with E-state index in [-0.39, 0.29) is 18.1 Å². The quantitative estimate of drug-likeness (QED) is 0.561. The third-order valence-corrected chi connectivity index (χ3v) is 4.73. The molecule has 0 saturated carbocycles. The number of amides is 1. The van der Waals surface area contributed by atoms with Crippen LogP contribution in [0.2, 0.25) is 0 Å². The number of hydrogen-bond acceptors (Lipinski definition) is 4. The van der Waals surface area contributed by atoms with Gasteiger partial charge in [0.1, 0.15) is 5.69 Å². The summed E-state index contributed by atoms with van der Waals surface area (Å²) < 4.78 is 12.4. The molecule has 0 bridgehead atoms. The Balaban J connectivity index is 2.23. The summed E-state index contributed by atoms with van der Waals surface area (Å²) >= 11 is 0. The van der Waals surface area contributed by atoms with Crippen LogP contribution in [-0.4, -0.2) is 47.2 Å². The minimum atomic E-state index is -0.391. The molecule has 2 heterocycles. The van der Waals surface area contributed by atoms with Gasteiger partial charge in [-0.1, -0.05) is 13.5 Å². The Labute approximate surface area is 149 Å². The molecule has 0 aromatic carbocycles. The van der Waals surface area contributed by atoms with E-state index in [1.54, 1.807) is 22.6 Å². The van der Waals surface area contributed by atoms with Crippen molar-refractivity contribution in [1.82, 2.24) is 9.47 Å². The van der Waals surface area contributed by atoms with Crippen molar-refractivity contribution in [2.24, 2.45) is 7.05 Å². The van der Waals surface area contributed by atoms with Crippen LogP contribution in [-0.2, 0) is 27.9 Å². The van der Waals surface area contributed by atoms with Crippen LogP contribution in [0.1, 0.15) is 48.7 Å². The first-order valence-electron chi connectivity index (χ1n) is 8.80. The van der Waals surface area contributed by atoms with Gasteiger partial charge in [0.2, 0.25) is 5.91 Å². The maximum absolute atomic E-state index is 12.5. The molecule has 0 aliphatic carbocycles. The fourth-order valence-corrected chi connectivity index (χ4v) is 3.45. The fourth-order valence-electron chi connectivity index (χ4n) is 3.45. The van der Waals surface area contributed by atoms with Crippen molar-refractivity contribution >= 4 is 11.9 Å². The molecular weight excluding hydrogens is 320 g/mol. The molecule has 6 nitrogen and oxygen atoms in total. The average Bonchev–Trinajstić information content (AvgIpc) is 3.01. The minimum Gasteiger partial charge on any atom is -0.464 e. The lowest BCUT2D eigenvalue weighted by Crippen LogP contribution is -2.47. The Bertz CT molecular complexity index is 617. The monoisotopic (exact) mass is 348 g/mol. The van der Waals surface area contributed by atoms with Gasteiger partial charge >= 0.3 is 5.97 Å². The maximum Gasteiger partial charge on any atom is 0.354 e.